The molecule has 0 amide bonds. The molecule has 7 nitrogen and oxygen atoms in total. The van der Waals surface area contributed by atoms with Crippen molar-refractivity contribution in [1.82, 2.24) is 4.72 Å². The van der Waals surface area contributed by atoms with Crippen molar-refractivity contribution in [3.8, 4) is 28.7 Å². The van der Waals surface area contributed by atoms with Crippen LogP contribution in [-0.2, 0) is 24.6 Å². The normalized spacial score (nSPS) is 10.6. The Kier molecular flexibility index (Phi) is 9.31. The minimum Gasteiger partial charge on any atom is -0.454 e. The fraction of sp³-hybridized carbons (Fsp3) is 0.120. The molecule has 0 heterocycles. The fourth-order valence-electron chi connectivity index (χ4n) is 2.87. The lowest BCUT2D eigenvalue weighted by Gasteiger charge is -2.12. The van der Waals surface area contributed by atoms with E-state index in [0.717, 1.165) is 11.1 Å². The molecule has 0 radical (unpaired) electrons. The summed E-state index contributed by atoms with van der Waals surface area (Å²) in [5.41, 5.74) is 3.14. The molecule has 34 heavy (non-hydrogen) atoms. The predicted octanol–water partition coefficient (Wildman–Crippen LogP) is 4.23. The maximum Gasteiger partial charge on any atom is 0.343 e. The minimum absolute atomic E-state index is 0.0123. The van der Waals surface area contributed by atoms with Gasteiger partial charge in [0.1, 0.15) is 5.75 Å². The average molecular weight is 496 g/mol. The van der Waals surface area contributed by atoms with Crippen LogP contribution >= 0.6 is 12.2 Å². The van der Waals surface area contributed by atoms with Crippen molar-refractivity contribution in [3.63, 3.8) is 0 Å². The summed E-state index contributed by atoms with van der Waals surface area (Å²) in [5, 5.41) is 0. The number of benzene rings is 3. The molecule has 0 aromatic heterocycles. The van der Waals surface area contributed by atoms with E-state index in [-0.39, 0.29) is 17.7 Å². The first kappa shape index (κ1) is 25.1. The summed E-state index contributed by atoms with van der Waals surface area (Å²) < 4.78 is 33.0. The van der Waals surface area contributed by atoms with Gasteiger partial charge >= 0.3 is 5.97 Å². The molecule has 3 aromatic carbocycles. The molecule has 0 bridgehead atoms. The van der Waals surface area contributed by atoms with E-state index in [2.05, 4.69) is 33.7 Å². The first-order chi connectivity index (χ1) is 16.5. The van der Waals surface area contributed by atoms with Gasteiger partial charge < -0.3 is 4.74 Å². The molecule has 0 saturated heterocycles. The van der Waals surface area contributed by atoms with E-state index >= 15 is 0 Å². The lowest BCUT2D eigenvalue weighted by Crippen LogP contribution is -2.27. The number of sulfonamides is 1. The Labute approximate surface area is 203 Å². The van der Waals surface area contributed by atoms with Crippen molar-refractivity contribution in [2.45, 2.75) is 17.7 Å². The summed E-state index contributed by atoms with van der Waals surface area (Å²) in [6.07, 6.45) is 0.294. The Morgan fingerprint density at radius 1 is 0.971 bits per heavy atom. The van der Waals surface area contributed by atoms with Crippen molar-refractivity contribution in [1.29, 1.82) is 0 Å². The van der Waals surface area contributed by atoms with E-state index in [0.29, 0.717) is 16.9 Å². The third-order valence-corrected chi connectivity index (χ3v) is 5.98. The van der Waals surface area contributed by atoms with Crippen molar-refractivity contribution < 1.29 is 27.7 Å². The SMILES string of the molecule is O=C(CCC#Cc1ccccc1)OOCNS(=O)(=O)c1ccccc1-c1ccc(OC=S)cc1. The Bertz CT molecular complexity index is 1280. The molecule has 3 aromatic rings. The average Bonchev–Trinajstić information content (AvgIpc) is 2.86. The molecule has 0 spiro atoms. The number of carbonyl (C=O) groups excluding carboxylic acids is 1. The summed E-state index contributed by atoms with van der Waals surface area (Å²) >= 11 is 4.66. The van der Waals surface area contributed by atoms with Crippen molar-refractivity contribution in [3.05, 3.63) is 84.4 Å². The van der Waals surface area contributed by atoms with Crippen LogP contribution in [0.15, 0.2) is 83.8 Å². The maximum atomic E-state index is 12.8. The van der Waals surface area contributed by atoms with Crippen LogP contribution in [0.5, 0.6) is 5.75 Å². The van der Waals surface area contributed by atoms with Gasteiger partial charge in [-0.3, -0.25) is 4.89 Å². The lowest BCUT2D eigenvalue weighted by atomic mass is 10.1. The van der Waals surface area contributed by atoms with E-state index in [1.807, 2.05) is 30.3 Å². The Balaban J connectivity index is 1.51. The smallest absolute Gasteiger partial charge is 0.343 e. The van der Waals surface area contributed by atoms with Gasteiger partial charge in [0.15, 0.2) is 12.3 Å². The molecule has 0 atom stereocenters. The van der Waals surface area contributed by atoms with Crippen LogP contribution in [0.4, 0.5) is 0 Å². The monoisotopic (exact) mass is 495 g/mol. The standard InChI is InChI=1S/C25H21NO6S2/c27-25(13-7-4-10-20-8-2-1-3-9-20)32-31-18-26-34(28,29)24-12-6-5-11-23(24)21-14-16-22(17-15-21)30-19-33/h1-3,5-6,8-9,11-12,14-17,19,26H,7,13,18H2. The van der Waals surface area contributed by atoms with E-state index in [4.69, 9.17) is 9.62 Å². The van der Waals surface area contributed by atoms with Crippen LogP contribution in [0.2, 0.25) is 0 Å². The zero-order valence-corrected chi connectivity index (χ0v) is 19.6. The van der Waals surface area contributed by atoms with Crippen LogP contribution in [0.25, 0.3) is 11.1 Å². The number of rotatable bonds is 10. The van der Waals surface area contributed by atoms with Crippen LogP contribution in [0.3, 0.4) is 0 Å². The van der Waals surface area contributed by atoms with Crippen LogP contribution < -0.4 is 9.46 Å². The number of thiocarbonyl (C=S) groups is 1. The quantitative estimate of drug-likeness (QED) is 0.112. The molecule has 0 aliphatic heterocycles. The Morgan fingerprint density at radius 2 is 1.68 bits per heavy atom. The van der Waals surface area contributed by atoms with E-state index < -0.39 is 22.7 Å². The number of nitrogens with one attached hydrogen (secondary N) is 1. The topological polar surface area (TPSA) is 90.9 Å². The van der Waals surface area contributed by atoms with Gasteiger partial charge in [0.2, 0.25) is 10.0 Å². The predicted molar refractivity (Wildman–Crippen MR) is 131 cm³/mol. The summed E-state index contributed by atoms with van der Waals surface area (Å²) in [4.78, 5) is 21.2. The van der Waals surface area contributed by atoms with Crippen LogP contribution in [-0.4, -0.2) is 26.7 Å². The minimum atomic E-state index is -3.95. The first-order valence-electron chi connectivity index (χ1n) is 10.2. The molecule has 0 aliphatic carbocycles. The highest BCUT2D eigenvalue weighted by atomic mass is 32.2. The van der Waals surface area contributed by atoms with E-state index in [1.165, 1.54) is 6.07 Å². The van der Waals surface area contributed by atoms with Gasteiger partial charge in [-0.15, -0.1) is 0 Å². The largest absolute Gasteiger partial charge is 0.454 e. The first-order valence-corrected chi connectivity index (χ1v) is 12.1. The van der Waals surface area contributed by atoms with Gasteiger partial charge in [-0.2, -0.15) is 9.61 Å². The Morgan fingerprint density at radius 3 is 2.41 bits per heavy atom. The van der Waals surface area contributed by atoms with Crippen molar-refractivity contribution in [2.75, 3.05) is 6.73 Å². The third-order valence-electron chi connectivity index (χ3n) is 4.45. The summed E-state index contributed by atoms with van der Waals surface area (Å²) in [6, 6.07) is 22.7. The number of ether oxygens (including phenoxy) is 1. The van der Waals surface area contributed by atoms with Crippen molar-refractivity contribution in [2.24, 2.45) is 0 Å². The second-order valence-electron chi connectivity index (χ2n) is 6.77. The van der Waals surface area contributed by atoms with Crippen LogP contribution in [0, 0.1) is 11.8 Å². The van der Waals surface area contributed by atoms with Gasteiger partial charge in [0.25, 0.3) is 0 Å². The summed E-state index contributed by atoms with van der Waals surface area (Å²) in [7, 11) is -3.95. The zero-order chi connectivity index (χ0) is 24.2. The molecule has 0 fully saturated rings. The van der Waals surface area contributed by atoms with Gasteiger partial charge in [0, 0.05) is 17.5 Å². The van der Waals surface area contributed by atoms with Gasteiger partial charge in [-0.25, -0.2) is 13.2 Å². The van der Waals surface area contributed by atoms with Gasteiger partial charge in [-0.1, -0.05) is 60.4 Å². The summed E-state index contributed by atoms with van der Waals surface area (Å²) in [5.74, 6) is 5.69. The molecule has 0 aliphatic rings. The molecule has 1 N–H and O–H groups in total. The van der Waals surface area contributed by atoms with Crippen molar-refractivity contribution >= 4 is 33.8 Å². The highest BCUT2D eigenvalue weighted by molar-refractivity contribution is 7.89. The second-order valence-corrected chi connectivity index (χ2v) is 8.70. The van der Waals surface area contributed by atoms with Gasteiger partial charge in [-0.05, 0) is 48.1 Å². The molecule has 0 saturated carbocycles. The second kappa shape index (κ2) is 12.6. The molecular formula is C25H21NO6S2. The van der Waals surface area contributed by atoms with E-state index in [9.17, 15) is 13.2 Å². The third kappa shape index (κ3) is 7.50. The molecular weight excluding hydrogens is 474 g/mol. The molecule has 174 valence electrons. The number of carbonyl (C=O) groups is 1. The lowest BCUT2D eigenvalue weighted by molar-refractivity contribution is -0.273. The zero-order valence-electron chi connectivity index (χ0n) is 18.0. The number of hydrogen-bond acceptors (Lipinski definition) is 7. The highest BCUT2D eigenvalue weighted by Crippen LogP contribution is 2.28. The molecule has 3 rings (SSSR count). The maximum absolute atomic E-state index is 12.8. The van der Waals surface area contributed by atoms with E-state index in [1.54, 1.807) is 42.5 Å². The number of hydrogen-bond donors (Lipinski definition) is 1. The Hall–Kier alpha value is -3.55. The molecule has 0 unspecified atom stereocenters. The summed E-state index contributed by atoms with van der Waals surface area (Å²) in [6.45, 7) is -0.542. The van der Waals surface area contributed by atoms with Crippen LogP contribution in [0.1, 0.15) is 18.4 Å². The highest BCUT2D eigenvalue weighted by Gasteiger charge is 2.19. The van der Waals surface area contributed by atoms with Gasteiger partial charge in [0.05, 0.1) is 11.3 Å². The molecule has 9 heteroatoms. The fourth-order valence-corrected chi connectivity index (χ4v) is 4.08.